The first-order valence-electron chi connectivity index (χ1n) is 9.16. The van der Waals surface area contributed by atoms with Crippen molar-refractivity contribution in [2.45, 2.75) is 17.9 Å². The predicted octanol–water partition coefficient (Wildman–Crippen LogP) is 3.63. The highest BCUT2D eigenvalue weighted by atomic mass is 32.2. The Morgan fingerprint density at radius 1 is 1.06 bits per heavy atom. The zero-order chi connectivity index (χ0) is 23.3. The number of aromatic nitrogens is 3. The van der Waals surface area contributed by atoms with Gasteiger partial charge in [0, 0.05) is 12.7 Å². The van der Waals surface area contributed by atoms with E-state index in [2.05, 4.69) is 20.8 Å². The summed E-state index contributed by atoms with van der Waals surface area (Å²) in [4.78, 5) is 24.2. The van der Waals surface area contributed by atoms with E-state index in [0.717, 1.165) is 23.9 Å². The van der Waals surface area contributed by atoms with Gasteiger partial charge in [-0.05, 0) is 36.4 Å². The molecule has 0 aliphatic rings. The summed E-state index contributed by atoms with van der Waals surface area (Å²) in [5, 5.41) is 13.3. The average Bonchev–Trinajstić information content (AvgIpc) is 3.10. The first-order valence-corrected chi connectivity index (χ1v) is 10.1. The number of nitrogens with one attached hydrogen (secondary N) is 2. The van der Waals surface area contributed by atoms with Gasteiger partial charge in [0.05, 0.1) is 23.4 Å². The zero-order valence-electron chi connectivity index (χ0n) is 16.6. The highest BCUT2D eigenvalue weighted by molar-refractivity contribution is 7.99. The first kappa shape index (κ1) is 23.3. The molecule has 0 saturated heterocycles. The van der Waals surface area contributed by atoms with Gasteiger partial charge in [0.25, 0.3) is 5.91 Å². The Kier molecular flexibility index (Phi) is 7.13. The van der Waals surface area contributed by atoms with E-state index in [1.807, 2.05) is 0 Å². The molecule has 3 aromatic rings. The summed E-state index contributed by atoms with van der Waals surface area (Å²) in [5.74, 6) is -1.35. The van der Waals surface area contributed by atoms with Crippen LogP contribution in [-0.2, 0) is 24.6 Å². The number of carbonyl (C=O) groups excluding carboxylic acids is 2. The quantitative estimate of drug-likeness (QED) is 0.409. The molecule has 0 bridgehead atoms. The van der Waals surface area contributed by atoms with E-state index in [-0.39, 0.29) is 23.5 Å². The minimum absolute atomic E-state index is 0.00498. The zero-order valence-corrected chi connectivity index (χ0v) is 17.4. The lowest BCUT2D eigenvalue weighted by Crippen LogP contribution is -2.25. The van der Waals surface area contributed by atoms with Crippen LogP contribution in [0, 0.1) is 5.82 Å². The molecule has 3 rings (SSSR count). The van der Waals surface area contributed by atoms with E-state index in [9.17, 15) is 27.2 Å². The van der Waals surface area contributed by atoms with Crippen LogP contribution in [0.15, 0.2) is 53.7 Å². The smallest absolute Gasteiger partial charge is 0.345 e. The third-order valence-electron chi connectivity index (χ3n) is 4.28. The molecule has 0 aliphatic carbocycles. The summed E-state index contributed by atoms with van der Waals surface area (Å²) in [6.07, 6.45) is -4.45. The fraction of sp³-hybridized carbons (Fsp3) is 0.200. The standard InChI is InChI=1S/C20H17F4N5O2S/c1-29-16(10-25-18(31)14-4-2-3-5-15(14)21)27-28-19(29)32-11-17(30)26-13-8-6-12(7-9-13)20(22,23)24/h2-9H,10-11H2,1H3,(H,25,31)(H,26,30). The number of anilines is 1. The number of hydrogen-bond acceptors (Lipinski definition) is 5. The molecular formula is C20H17F4N5O2S. The monoisotopic (exact) mass is 467 g/mol. The van der Waals surface area contributed by atoms with Gasteiger partial charge >= 0.3 is 6.18 Å². The molecule has 0 fully saturated rings. The van der Waals surface area contributed by atoms with Crippen molar-refractivity contribution in [3.8, 4) is 0 Å². The van der Waals surface area contributed by atoms with E-state index in [1.54, 1.807) is 17.7 Å². The van der Waals surface area contributed by atoms with Gasteiger partial charge in [-0.25, -0.2) is 4.39 Å². The van der Waals surface area contributed by atoms with Crippen LogP contribution in [-0.4, -0.2) is 32.3 Å². The van der Waals surface area contributed by atoms with Crippen LogP contribution in [0.25, 0.3) is 0 Å². The number of carbonyl (C=O) groups is 2. The molecule has 168 valence electrons. The Balaban J connectivity index is 1.51. The summed E-state index contributed by atoms with van der Waals surface area (Å²) >= 11 is 1.06. The van der Waals surface area contributed by atoms with E-state index in [1.165, 1.54) is 30.3 Å². The molecule has 0 unspecified atom stereocenters. The number of thioether (sulfide) groups is 1. The van der Waals surface area contributed by atoms with Gasteiger partial charge in [-0.1, -0.05) is 23.9 Å². The maximum atomic E-state index is 13.7. The van der Waals surface area contributed by atoms with Crippen molar-refractivity contribution in [1.29, 1.82) is 0 Å². The van der Waals surface area contributed by atoms with Crippen molar-refractivity contribution in [3.63, 3.8) is 0 Å². The van der Waals surface area contributed by atoms with Crippen molar-refractivity contribution in [1.82, 2.24) is 20.1 Å². The number of halogens is 4. The van der Waals surface area contributed by atoms with Crippen molar-refractivity contribution in [2.24, 2.45) is 7.05 Å². The normalized spacial score (nSPS) is 11.3. The van der Waals surface area contributed by atoms with Crippen LogP contribution in [0.2, 0.25) is 0 Å². The fourth-order valence-electron chi connectivity index (χ4n) is 2.59. The first-order chi connectivity index (χ1) is 15.1. The fourth-order valence-corrected chi connectivity index (χ4v) is 3.32. The molecule has 0 spiro atoms. The lowest BCUT2D eigenvalue weighted by molar-refractivity contribution is -0.137. The van der Waals surface area contributed by atoms with Crippen molar-refractivity contribution < 1.29 is 27.2 Å². The molecule has 0 radical (unpaired) electrons. The second kappa shape index (κ2) is 9.81. The SMILES string of the molecule is Cn1c(CNC(=O)c2ccccc2F)nnc1SCC(=O)Nc1ccc(C(F)(F)F)cc1. The van der Waals surface area contributed by atoms with Crippen molar-refractivity contribution in [2.75, 3.05) is 11.1 Å². The topological polar surface area (TPSA) is 88.9 Å². The Labute approximate surface area is 184 Å². The summed E-state index contributed by atoms with van der Waals surface area (Å²) in [6.45, 7) is -0.00498. The molecule has 1 heterocycles. The predicted molar refractivity (Wildman–Crippen MR) is 109 cm³/mol. The maximum Gasteiger partial charge on any atom is 0.416 e. The van der Waals surface area contributed by atoms with Gasteiger partial charge in [-0.3, -0.25) is 9.59 Å². The van der Waals surface area contributed by atoms with Gasteiger partial charge in [-0.15, -0.1) is 10.2 Å². The minimum Gasteiger partial charge on any atom is -0.345 e. The van der Waals surface area contributed by atoms with E-state index in [0.29, 0.717) is 11.0 Å². The average molecular weight is 467 g/mol. The van der Waals surface area contributed by atoms with Crippen LogP contribution in [0.5, 0.6) is 0 Å². The second-order valence-corrected chi connectivity index (χ2v) is 7.47. The Hall–Kier alpha value is -3.41. The summed E-state index contributed by atoms with van der Waals surface area (Å²) < 4.78 is 53.0. The largest absolute Gasteiger partial charge is 0.416 e. The number of alkyl halides is 3. The van der Waals surface area contributed by atoms with Gasteiger partial charge in [0.2, 0.25) is 5.91 Å². The number of amides is 2. The van der Waals surface area contributed by atoms with E-state index < -0.39 is 29.4 Å². The van der Waals surface area contributed by atoms with E-state index >= 15 is 0 Å². The summed E-state index contributed by atoms with van der Waals surface area (Å²) in [6, 6.07) is 9.67. The van der Waals surface area contributed by atoms with E-state index in [4.69, 9.17) is 0 Å². The molecule has 0 aliphatic heterocycles. The molecule has 7 nitrogen and oxygen atoms in total. The molecular weight excluding hydrogens is 450 g/mol. The van der Waals surface area contributed by atoms with Crippen molar-refractivity contribution >= 4 is 29.3 Å². The minimum atomic E-state index is -4.45. The Morgan fingerprint density at radius 2 is 1.75 bits per heavy atom. The van der Waals surface area contributed by atoms with Crippen LogP contribution in [0.4, 0.5) is 23.2 Å². The molecule has 2 N–H and O–H groups in total. The summed E-state index contributed by atoms with van der Waals surface area (Å²) in [5.41, 5.74) is -0.666. The number of benzene rings is 2. The van der Waals surface area contributed by atoms with Gasteiger partial charge in [0.1, 0.15) is 5.82 Å². The van der Waals surface area contributed by atoms with Gasteiger partial charge in [0.15, 0.2) is 11.0 Å². The number of rotatable bonds is 7. The van der Waals surface area contributed by atoms with Crippen LogP contribution in [0.3, 0.4) is 0 Å². The lowest BCUT2D eigenvalue weighted by Gasteiger charge is -2.09. The molecule has 0 saturated carbocycles. The van der Waals surface area contributed by atoms with Crippen molar-refractivity contribution in [3.05, 3.63) is 71.3 Å². The highest BCUT2D eigenvalue weighted by Gasteiger charge is 2.30. The third kappa shape index (κ3) is 5.84. The highest BCUT2D eigenvalue weighted by Crippen LogP contribution is 2.29. The Morgan fingerprint density at radius 3 is 2.41 bits per heavy atom. The molecule has 1 aromatic heterocycles. The molecule has 12 heteroatoms. The third-order valence-corrected chi connectivity index (χ3v) is 5.30. The number of hydrogen-bond donors (Lipinski definition) is 2. The Bertz CT molecular complexity index is 1120. The molecule has 2 amide bonds. The van der Waals surface area contributed by atoms with Crippen LogP contribution >= 0.6 is 11.8 Å². The number of nitrogens with zero attached hydrogens (tertiary/aromatic N) is 3. The van der Waals surface area contributed by atoms with Crippen LogP contribution in [0.1, 0.15) is 21.7 Å². The molecule has 32 heavy (non-hydrogen) atoms. The molecule has 0 atom stereocenters. The lowest BCUT2D eigenvalue weighted by atomic mass is 10.2. The summed E-state index contributed by atoms with van der Waals surface area (Å²) in [7, 11) is 1.64. The molecule has 2 aromatic carbocycles. The van der Waals surface area contributed by atoms with Gasteiger partial charge < -0.3 is 15.2 Å². The maximum absolute atomic E-state index is 13.7. The van der Waals surface area contributed by atoms with Gasteiger partial charge in [-0.2, -0.15) is 13.2 Å². The second-order valence-electron chi connectivity index (χ2n) is 6.53. The van der Waals surface area contributed by atoms with Crippen LogP contribution < -0.4 is 10.6 Å².